The molecule has 0 atom stereocenters. The Morgan fingerprint density at radius 3 is 2.44 bits per heavy atom. The number of aryl methyl sites for hydroxylation is 1. The standard InChI is InChI=1S/C20H32FN3O3/c1-20(2,3)27-19(26)24-10-8-23(9-11-24)18-15(7-5-4-6-12-25)13-16(22)14-17(18)21/h13-14,25H,4-12,22H2,1-3H3. The first kappa shape index (κ1) is 21.3. The Bertz CT molecular complexity index is 638. The Balaban J connectivity index is 2.05. The second kappa shape index (κ2) is 9.26. The Kier molecular flexibility index (Phi) is 7.30. The van der Waals surface area contributed by atoms with Crippen LogP contribution in [0.15, 0.2) is 12.1 Å². The average molecular weight is 381 g/mol. The number of amides is 1. The van der Waals surface area contributed by atoms with Crippen LogP contribution in [0.2, 0.25) is 0 Å². The number of hydrogen-bond donors (Lipinski definition) is 2. The van der Waals surface area contributed by atoms with E-state index < -0.39 is 5.60 Å². The maximum atomic E-state index is 14.7. The second-order valence-corrected chi connectivity index (χ2v) is 8.00. The second-order valence-electron chi connectivity index (χ2n) is 8.00. The summed E-state index contributed by atoms with van der Waals surface area (Å²) in [5.74, 6) is -0.321. The van der Waals surface area contributed by atoms with Crippen LogP contribution in [0.3, 0.4) is 0 Å². The number of aliphatic hydroxyl groups excluding tert-OH is 1. The number of nitrogens with two attached hydrogens (primary N) is 1. The molecule has 1 fully saturated rings. The van der Waals surface area contributed by atoms with E-state index in [0.717, 1.165) is 24.8 Å². The Morgan fingerprint density at radius 2 is 1.85 bits per heavy atom. The van der Waals surface area contributed by atoms with Gasteiger partial charge in [-0.15, -0.1) is 0 Å². The van der Waals surface area contributed by atoms with Crippen molar-refractivity contribution in [3.05, 3.63) is 23.5 Å². The lowest BCUT2D eigenvalue weighted by molar-refractivity contribution is 0.0240. The monoisotopic (exact) mass is 381 g/mol. The molecule has 1 aliphatic rings. The molecule has 1 heterocycles. The number of unbranched alkanes of at least 4 members (excludes halogenated alkanes) is 2. The van der Waals surface area contributed by atoms with Crippen molar-refractivity contribution in [2.24, 2.45) is 0 Å². The molecule has 7 heteroatoms. The van der Waals surface area contributed by atoms with Crippen LogP contribution in [0.5, 0.6) is 0 Å². The van der Waals surface area contributed by atoms with Gasteiger partial charge in [-0.1, -0.05) is 6.42 Å². The van der Waals surface area contributed by atoms with Gasteiger partial charge in [-0.3, -0.25) is 0 Å². The third-order valence-corrected chi connectivity index (χ3v) is 4.52. The van der Waals surface area contributed by atoms with Crippen molar-refractivity contribution in [2.75, 3.05) is 43.4 Å². The summed E-state index contributed by atoms with van der Waals surface area (Å²) >= 11 is 0. The van der Waals surface area contributed by atoms with Gasteiger partial charge in [0.25, 0.3) is 0 Å². The minimum absolute atomic E-state index is 0.171. The fourth-order valence-corrected chi connectivity index (χ4v) is 3.27. The number of nitrogen functional groups attached to an aromatic ring is 1. The molecule has 0 aromatic heterocycles. The van der Waals surface area contributed by atoms with E-state index in [1.807, 2.05) is 31.7 Å². The molecule has 152 valence electrons. The van der Waals surface area contributed by atoms with E-state index in [2.05, 4.69) is 0 Å². The van der Waals surface area contributed by atoms with Gasteiger partial charge in [0, 0.05) is 38.5 Å². The van der Waals surface area contributed by atoms with Crippen LogP contribution in [0.4, 0.5) is 20.6 Å². The number of ether oxygens (including phenoxy) is 1. The third kappa shape index (κ3) is 6.27. The zero-order chi connectivity index (χ0) is 20.0. The number of carbonyl (C=O) groups excluding carboxylic acids is 1. The normalized spacial score (nSPS) is 15.1. The van der Waals surface area contributed by atoms with Crippen LogP contribution in [0.1, 0.15) is 45.6 Å². The minimum atomic E-state index is -0.529. The largest absolute Gasteiger partial charge is 0.444 e. The summed E-state index contributed by atoms with van der Waals surface area (Å²) in [6.07, 6.45) is 2.88. The Morgan fingerprint density at radius 1 is 1.19 bits per heavy atom. The summed E-state index contributed by atoms with van der Waals surface area (Å²) in [5.41, 5.74) is 7.20. The van der Waals surface area contributed by atoms with Gasteiger partial charge in [0.1, 0.15) is 11.4 Å². The van der Waals surface area contributed by atoms with Crippen molar-refractivity contribution in [1.82, 2.24) is 4.90 Å². The Labute approximate surface area is 161 Å². The van der Waals surface area contributed by atoms with Gasteiger partial charge in [0.15, 0.2) is 0 Å². The third-order valence-electron chi connectivity index (χ3n) is 4.52. The topological polar surface area (TPSA) is 79.0 Å². The fourth-order valence-electron chi connectivity index (χ4n) is 3.27. The SMILES string of the molecule is CC(C)(C)OC(=O)N1CCN(c2c(F)cc(N)cc2CCCCCO)CC1. The summed E-state index contributed by atoms with van der Waals surface area (Å²) in [6, 6.07) is 3.18. The molecule has 0 saturated carbocycles. The lowest BCUT2D eigenvalue weighted by Gasteiger charge is -2.37. The number of halogens is 1. The number of carbonyl (C=O) groups is 1. The quantitative estimate of drug-likeness (QED) is 0.584. The molecule has 1 aromatic carbocycles. The first-order valence-corrected chi connectivity index (χ1v) is 9.63. The van der Waals surface area contributed by atoms with E-state index in [1.54, 1.807) is 4.90 Å². The molecule has 3 N–H and O–H groups in total. The van der Waals surface area contributed by atoms with E-state index in [9.17, 15) is 9.18 Å². The van der Waals surface area contributed by atoms with Gasteiger partial charge < -0.3 is 25.4 Å². The van der Waals surface area contributed by atoms with Gasteiger partial charge in [0.05, 0.1) is 5.69 Å². The number of benzene rings is 1. The van der Waals surface area contributed by atoms with Crippen LogP contribution in [-0.4, -0.2) is 54.5 Å². The molecule has 0 spiro atoms. The summed E-state index contributed by atoms with van der Waals surface area (Å²) in [6.45, 7) is 7.76. The van der Waals surface area contributed by atoms with Crippen LogP contribution in [-0.2, 0) is 11.2 Å². The zero-order valence-electron chi connectivity index (χ0n) is 16.6. The highest BCUT2D eigenvalue weighted by Gasteiger charge is 2.27. The number of nitrogens with zero attached hydrogens (tertiary/aromatic N) is 2. The summed E-state index contributed by atoms with van der Waals surface area (Å²) in [4.78, 5) is 15.9. The van der Waals surface area contributed by atoms with Crippen molar-refractivity contribution >= 4 is 17.5 Å². The van der Waals surface area contributed by atoms with Crippen molar-refractivity contribution in [1.29, 1.82) is 0 Å². The molecule has 2 rings (SSSR count). The average Bonchev–Trinajstić information content (AvgIpc) is 2.57. The van der Waals surface area contributed by atoms with Crippen molar-refractivity contribution < 1.29 is 19.0 Å². The van der Waals surface area contributed by atoms with E-state index in [-0.39, 0.29) is 18.5 Å². The highest BCUT2D eigenvalue weighted by molar-refractivity contribution is 5.69. The lowest BCUT2D eigenvalue weighted by Crippen LogP contribution is -2.50. The van der Waals surface area contributed by atoms with Crippen LogP contribution in [0, 0.1) is 5.82 Å². The van der Waals surface area contributed by atoms with E-state index in [4.69, 9.17) is 15.6 Å². The summed E-state index contributed by atoms with van der Waals surface area (Å²) in [5, 5.41) is 8.92. The van der Waals surface area contributed by atoms with Gasteiger partial charge in [-0.25, -0.2) is 9.18 Å². The van der Waals surface area contributed by atoms with E-state index in [1.165, 1.54) is 6.07 Å². The van der Waals surface area contributed by atoms with E-state index in [0.29, 0.717) is 44.0 Å². The fraction of sp³-hybridized carbons (Fsp3) is 0.650. The number of piperazine rings is 1. The van der Waals surface area contributed by atoms with Gasteiger partial charge in [0.2, 0.25) is 0 Å². The highest BCUT2D eigenvalue weighted by Crippen LogP contribution is 2.30. The van der Waals surface area contributed by atoms with E-state index >= 15 is 0 Å². The smallest absolute Gasteiger partial charge is 0.410 e. The molecule has 1 aliphatic heterocycles. The number of rotatable bonds is 6. The van der Waals surface area contributed by atoms with Crippen LogP contribution in [0.25, 0.3) is 0 Å². The van der Waals surface area contributed by atoms with Gasteiger partial charge >= 0.3 is 6.09 Å². The van der Waals surface area contributed by atoms with Crippen molar-refractivity contribution in [3.63, 3.8) is 0 Å². The number of aliphatic hydroxyl groups is 1. The first-order chi connectivity index (χ1) is 12.7. The predicted molar refractivity (Wildman–Crippen MR) is 105 cm³/mol. The molecular formula is C20H32FN3O3. The molecule has 0 aliphatic carbocycles. The molecular weight excluding hydrogens is 349 g/mol. The molecule has 6 nitrogen and oxygen atoms in total. The number of anilines is 2. The molecule has 1 aromatic rings. The minimum Gasteiger partial charge on any atom is -0.444 e. The molecule has 0 bridgehead atoms. The summed E-state index contributed by atoms with van der Waals surface area (Å²) in [7, 11) is 0. The van der Waals surface area contributed by atoms with Crippen molar-refractivity contribution in [2.45, 2.75) is 52.1 Å². The predicted octanol–water partition coefficient (Wildman–Crippen LogP) is 3.17. The lowest BCUT2D eigenvalue weighted by atomic mass is 10.0. The molecule has 1 amide bonds. The maximum absolute atomic E-state index is 14.7. The first-order valence-electron chi connectivity index (χ1n) is 9.63. The van der Waals surface area contributed by atoms with Gasteiger partial charge in [-0.05, 0) is 57.7 Å². The molecule has 0 unspecified atom stereocenters. The molecule has 0 radical (unpaired) electrons. The summed E-state index contributed by atoms with van der Waals surface area (Å²) < 4.78 is 20.1. The highest BCUT2D eigenvalue weighted by atomic mass is 19.1. The van der Waals surface area contributed by atoms with Crippen molar-refractivity contribution in [3.8, 4) is 0 Å². The van der Waals surface area contributed by atoms with Crippen LogP contribution >= 0.6 is 0 Å². The van der Waals surface area contributed by atoms with Gasteiger partial charge in [-0.2, -0.15) is 0 Å². The zero-order valence-corrected chi connectivity index (χ0v) is 16.6. The Hall–Kier alpha value is -2.02. The number of hydrogen-bond acceptors (Lipinski definition) is 5. The maximum Gasteiger partial charge on any atom is 0.410 e. The molecule has 1 saturated heterocycles. The van der Waals surface area contributed by atoms with Crippen LogP contribution < -0.4 is 10.6 Å². The molecule has 27 heavy (non-hydrogen) atoms.